The summed E-state index contributed by atoms with van der Waals surface area (Å²) in [5.74, 6) is 3.10. The van der Waals surface area contributed by atoms with Gasteiger partial charge in [-0.2, -0.15) is 0 Å². The molecule has 0 spiro atoms. The number of nitrogens with one attached hydrogen (secondary N) is 2. The molecule has 1 aromatic carbocycles. The predicted molar refractivity (Wildman–Crippen MR) is 105 cm³/mol. The molecule has 0 bridgehead atoms. The molecule has 0 amide bonds. The Kier molecular flexibility index (Phi) is 7.00. The van der Waals surface area contributed by atoms with Gasteiger partial charge in [-0.1, -0.05) is 19.4 Å². The van der Waals surface area contributed by atoms with Crippen LogP contribution in [0.1, 0.15) is 38.7 Å². The molecule has 1 aromatic rings. The van der Waals surface area contributed by atoms with E-state index in [0.717, 1.165) is 42.7 Å². The van der Waals surface area contributed by atoms with Crippen LogP contribution in [-0.2, 0) is 6.54 Å². The Balaban J connectivity index is 1.48. The SMILES string of the molecule is CCNC(=NCc1ccc2c(c1)OCO2)NCC(C)CN1CCCCC1. The first-order valence-electron chi connectivity index (χ1n) is 9.87. The molecule has 26 heavy (non-hydrogen) atoms. The van der Waals surface area contributed by atoms with Gasteiger partial charge in [0.1, 0.15) is 0 Å². The largest absolute Gasteiger partial charge is 0.454 e. The molecule has 0 saturated carbocycles. The van der Waals surface area contributed by atoms with Gasteiger partial charge in [-0.15, -0.1) is 0 Å². The van der Waals surface area contributed by atoms with Gasteiger partial charge in [0.2, 0.25) is 6.79 Å². The third-order valence-electron chi connectivity index (χ3n) is 4.84. The maximum atomic E-state index is 5.44. The lowest BCUT2D eigenvalue weighted by molar-refractivity contribution is 0.174. The zero-order valence-electron chi connectivity index (χ0n) is 16.1. The van der Waals surface area contributed by atoms with E-state index >= 15 is 0 Å². The molecule has 3 rings (SSSR count). The number of fused-ring (bicyclic) bond motifs is 1. The Hall–Kier alpha value is -1.95. The smallest absolute Gasteiger partial charge is 0.231 e. The van der Waals surface area contributed by atoms with Gasteiger partial charge in [0.25, 0.3) is 0 Å². The minimum Gasteiger partial charge on any atom is -0.454 e. The molecular weight excluding hydrogens is 328 g/mol. The lowest BCUT2D eigenvalue weighted by atomic mass is 10.1. The fraction of sp³-hybridized carbons (Fsp3) is 0.650. The molecule has 2 heterocycles. The van der Waals surface area contributed by atoms with E-state index in [1.807, 2.05) is 18.2 Å². The molecule has 144 valence electrons. The maximum Gasteiger partial charge on any atom is 0.231 e. The Labute approximate surface area is 157 Å². The first kappa shape index (κ1) is 18.8. The summed E-state index contributed by atoms with van der Waals surface area (Å²) < 4.78 is 10.8. The summed E-state index contributed by atoms with van der Waals surface area (Å²) in [5.41, 5.74) is 1.12. The van der Waals surface area contributed by atoms with E-state index in [4.69, 9.17) is 14.5 Å². The van der Waals surface area contributed by atoms with Crippen LogP contribution in [0.2, 0.25) is 0 Å². The van der Waals surface area contributed by atoms with Gasteiger partial charge in [-0.3, -0.25) is 0 Å². The summed E-state index contributed by atoms with van der Waals surface area (Å²) in [4.78, 5) is 7.30. The van der Waals surface area contributed by atoms with Gasteiger partial charge < -0.3 is 25.0 Å². The number of piperidine rings is 1. The van der Waals surface area contributed by atoms with E-state index in [2.05, 4.69) is 29.4 Å². The monoisotopic (exact) mass is 360 g/mol. The third-order valence-corrected chi connectivity index (χ3v) is 4.84. The Morgan fingerprint density at radius 3 is 2.77 bits per heavy atom. The molecule has 2 aliphatic heterocycles. The van der Waals surface area contributed by atoms with Gasteiger partial charge >= 0.3 is 0 Å². The number of likely N-dealkylation sites (tertiary alicyclic amines) is 1. The van der Waals surface area contributed by atoms with Crippen molar-refractivity contribution < 1.29 is 9.47 Å². The third kappa shape index (κ3) is 5.53. The first-order chi connectivity index (χ1) is 12.7. The Morgan fingerprint density at radius 2 is 1.96 bits per heavy atom. The number of ether oxygens (including phenoxy) is 2. The van der Waals surface area contributed by atoms with Crippen molar-refractivity contribution in [3.8, 4) is 11.5 Å². The number of aliphatic imine (C=N–C) groups is 1. The van der Waals surface area contributed by atoms with Gasteiger partial charge in [0.15, 0.2) is 17.5 Å². The molecule has 1 fully saturated rings. The molecule has 2 N–H and O–H groups in total. The van der Waals surface area contributed by atoms with Crippen molar-refractivity contribution in [1.82, 2.24) is 15.5 Å². The molecule has 1 atom stereocenters. The molecule has 1 saturated heterocycles. The number of nitrogens with zero attached hydrogens (tertiary/aromatic N) is 2. The summed E-state index contributed by atoms with van der Waals surface area (Å²) >= 11 is 0. The molecule has 0 aliphatic carbocycles. The zero-order chi connectivity index (χ0) is 18.2. The van der Waals surface area contributed by atoms with Crippen LogP contribution in [0, 0.1) is 5.92 Å². The highest BCUT2D eigenvalue weighted by Gasteiger charge is 2.14. The van der Waals surface area contributed by atoms with Crippen LogP contribution in [0.3, 0.4) is 0 Å². The summed E-state index contributed by atoms with van der Waals surface area (Å²) in [7, 11) is 0. The Bertz CT molecular complexity index is 599. The second-order valence-electron chi connectivity index (χ2n) is 7.23. The van der Waals surface area contributed by atoms with E-state index in [1.54, 1.807) is 0 Å². The van der Waals surface area contributed by atoms with Crippen molar-refractivity contribution in [3.63, 3.8) is 0 Å². The van der Waals surface area contributed by atoms with Crippen LogP contribution >= 0.6 is 0 Å². The standard InChI is InChI=1S/C20H32N4O2/c1-3-21-20(22-12-16(2)14-24-9-5-4-6-10-24)23-13-17-7-8-18-19(11-17)26-15-25-18/h7-8,11,16H,3-6,9-10,12-15H2,1-2H3,(H2,21,22,23). The average molecular weight is 361 g/mol. The number of hydrogen-bond acceptors (Lipinski definition) is 4. The molecule has 6 heteroatoms. The summed E-state index contributed by atoms with van der Waals surface area (Å²) in [5, 5.41) is 6.82. The fourth-order valence-electron chi connectivity index (χ4n) is 3.47. The molecular formula is C20H32N4O2. The summed E-state index contributed by atoms with van der Waals surface area (Å²) in [6.45, 7) is 10.8. The topological polar surface area (TPSA) is 58.1 Å². The van der Waals surface area contributed by atoms with Crippen molar-refractivity contribution in [2.45, 2.75) is 39.7 Å². The first-order valence-corrected chi connectivity index (χ1v) is 9.87. The molecule has 0 radical (unpaired) electrons. The zero-order valence-corrected chi connectivity index (χ0v) is 16.1. The molecule has 6 nitrogen and oxygen atoms in total. The van der Waals surface area contributed by atoms with Crippen LogP contribution in [0.4, 0.5) is 0 Å². The van der Waals surface area contributed by atoms with E-state index < -0.39 is 0 Å². The molecule has 2 aliphatic rings. The van der Waals surface area contributed by atoms with Crippen molar-refractivity contribution in [3.05, 3.63) is 23.8 Å². The average Bonchev–Trinajstić information content (AvgIpc) is 3.12. The van der Waals surface area contributed by atoms with Gasteiger partial charge in [0.05, 0.1) is 6.54 Å². The number of guanidine groups is 1. The second-order valence-corrected chi connectivity index (χ2v) is 7.23. The van der Waals surface area contributed by atoms with Crippen LogP contribution < -0.4 is 20.1 Å². The molecule has 1 unspecified atom stereocenters. The highest BCUT2D eigenvalue weighted by molar-refractivity contribution is 5.79. The maximum absolute atomic E-state index is 5.44. The Morgan fingerprint density at radius 1 is 1.15 bits per heavy atom. The minimum atomic E-state index is 0.307. The summed E-state index contributed by atoms with van der Waals surface area (Å²) in [6, 6.07) is 6.00. The van der Waals surface area contributed by atoms with Gasteiger partial charge in [-0.25, -0.2) is 4.99 Å². The highest BCUT2D eigenvalue weighted by atomic mass is 16.7. The van der Waals surface area contributed by atoms with Crippen LogP contribution in [0.25, 0.3) is 0 Å². The van der Waals surface area contributed by atoms with Gasteiger partial charge in [-0.05, 0) is 56.5 Å². The molecule has 0 aromatic heterocycles. The van der Waals surface area contributed by atoms with Gasteiger partial charge in [0, 0.05) is 19.6 Å². The van der Waals surface area contributed by atoms with Crippen molar-refractivity contribution in [2.24, 2.45) is 10.9 Å². The number of rotatable bonds is 7. The van der Waals surface area contributed by atoms with Crippen molar-refractivity contribution in [1.29, 1.82) is 0 Å². The lowest BCUT2D eigenvalue weighted by Crippen LogP contribution is -2.42. The van der Waals surface area contributed by atoms with Crippen molar-refractivity contribution in [2.75, 3.05) is 39.5 Å². The highest BCUT2D eigenvalue weighted by Crippen LogP contribution is 2.32. The minimum absolute atomic E-state index is 0.307. The van der Waals surface area contributed by atoms with E-state index in [-0.39, 0.29) is 0 Å². The quantitative estimate of drug-likeness (QED) is 0.578. The van der Waals surface area contributed by atoms with Crippen LogP contribution in [0.15, 0.2) is 23.2 Å². The normalized spacial score (nSPS) is 18.6. The van der Waals surface area contributed by atoms with E-state index in [9.17, 15) is 0 Å². The van der Waals surface area contributed by atoms with E-state index in [0.29, 0.717) is 19.3 Å². The van der Waals surface area contributed by atoms with Crippen LogP contribution in [-0.4, -0.2) is 50.4 Å². The number of hydrogen-bond donors (Lipinski definition) is 2. The number of benzene rings is 1. The predicted octanol–water partition coefficient (Wildman–Crippen LogP) is 2.59. The van der Waals surface area contributed by atoms with E-state index in [1.165, 1.54) is 32.4 Å². The summed E-state index contributed by atoms with van der Waals surface area (Å²) in [6.07, 6.45) is 4.08. The second kappa shape index (κ2) is 9.67. The van der Waals surface area contributed by atoms with Crippen LogP contribution in [0.5, 0.6) is 11.5 Å². The van der Waals surface area contributed by atoms with Crippen molar-refractivity contribution >= 4 is 5.96 Å². The fourth-order valence-corrected chi connectivity index (χ4v) is 3.47. The lowest BCUT2D eigenvalue weighted by Gasteiger charge is -2.29.